The van der Waals surface area contributed by atoms with E-state index in [1.807, 2.05) is 24.3 Å². The Morgan fingerprint density at radius 2 is 2.09 bits per heavy atom. The quantitative estimate of drug-likeness (QED) is 0.915. The van der Waals surface area contributed by atoms with Crippen molar-refractivity contribution in [1.82, 2.24) is 10.2 Å². The Balaban J connectivity index is 1.70. The zero-order chi connectivity index (χ0) is 16.4. The van der Waals surface area contributed by atoms with Crippen LogP contribution in [-0.2, 0) is 11.2 Å². The summed E-state index contributed by atoms with van der Waals surface area (Å²) in [4.78, 5) is 13.3. The van der Waals surface area contributed by atoms with E-state index in [0.29, 0.717) is 23.9 Å². The van der Waals surface area contributed by atoms with Gasteiger partial charge < -0.3 is 10.0 Å². The number of nitrogens with zero attached hydrogens (tertiary/aromatic N) is 3. The van der Waals surface area contributed by atoms with Crippen LogP contribution >= 0.6 is 22.9 Å². The van der Waals surface area contributed by atoms with E-state index in [4.69, 9.17) is 11.6 Å². The van der Waals surface area contributed by atoms with Gasteiger partial charge in [-0.05, 0) is 30.0 Å². The third kappa shape index (κ3) is 4.00. The molecule has 2 unspecified atom stereocenters. The van der Waals surface area contributed by atoms with Crippen LogP contribution in [0.2, 0.25) is 5.02 Å². The third-order valence-corrected chi connectivity index (χ3v) is 5.24. The van der Waals surface area contributed by atoms with Crippen molar-refractivity contribution >= 4 is 34.0 Å². The van der Waals surface area contributed by atoms with E-state index in [1.165, 1.54) is 11.3 Å². The fourth-order valence-corrected chi connectivity index (χ4v) is 3.92. The van der Waals surface area contributed by atoms with E-state index >= 15 is 0 Å². The van der Waals surface area contributed by atoms with E-state index in [2.05, 4.69) is 22.0 Å². The molecule has 1 aromatic heterocycles. The molecule has 5 nitrogen and oxygen atoms in total. The number of piperidine rings is 1. The third-order valence-electron chi connectivity index (χ3n) is 4.00. The molecule has 1 aliphatic rings. The molecule has 122 valence electrons. The second-order valence-corrected chi connectivity index (χ2v) is 7.54. The second kappa shape index (κ2) is 6.84. The van der Waals surface area contributed by atoms with Crippen molar-refractivity contribution in [3.05, 3.63) is 39.9 Å². The molecule has 0 radical (unpaired) electrons. The van der Waals surface area contributed by atoms with Gasteiger partial charge in [-0.15, -0.1) is 10.2 Å². The largest absolute Gasteiger partial charge is 0.481 e. The highest BCUT2D eigenvalue weighted by Gasteiger charge is 2.31. The molecule has 0 amide bonds. The average Bonchev–Trinajstić information content (AvgIpc) is 2.97. The van der Waals surface area contributed by atoms with Gasteiger partial charge in [-0.1, -0.05) is 42.0 Å². The Kier molecular flexibility index (Phi) is 4.82. The Bertz CT molecular complexity index is 689. The van der Waals surface area contributed by atoms with Crippen LogP contribution in [0, 0.1) is 11.8 Å². The number of hydrogen-bond donors (Lipinski definition) is 1. The lowest BCUT2D eigenvalue weighted by molar-refractivity contribution is -0.142. The lowest BCUT2D eigenvalue weighted by atomic mass is 9.91. The van der Waals surface area contributed by atoms with Crippen molar-refractivity contribution in [3.63, 3.8) is 0 Å². The summed E-state index contributed by atoms with van der Waals surface area (Å²) >= 11 is 7.43. The number of aliphatic carboxylic acids is 1. The van der Waals surface area contributed by atoms with Crippen LogP contribution < -0.4 is 4.90 Å². The minimum atomic E-state index is -0.729. The first kappa shape index (κ1) is 16.2. The lowest BCUT2D eigenvalue weighted by Gasteiger charge is -2.34. The fourth-order valence-electron chi connectivity index (χ4n) is 2.91. The van der Waals surface area contributed by atoms with Gasteiger partial charge in [0.25, 0.3) is 0 Å². The highest BCUT2D eigenvalue weighted by molar-refractivity contribution is 7.15. The van der Waals surface area contributed by atoms with Crippen LogP contribution in [0.3, 0.4) is 0 Å². The number of carboxylic acids is 1. The van der Waals surface area contributed by atoms with Crippen molar-refractivity contribution in [2.75, 3.05) is 18.0 Å². The monoisotopic (exact) mass is 351 g/mol. The summed E-state index contributed by atoms with van der Waals surface area (Å²) in [6, 6.07) is 7.69. The van der Waals surface area contributed by atoms with Gasteiger partial charge in [0.2, 0.25) is 5.13 Å². The summed E-state index contributed by atoms with van der Waals surface area (Å²) in [7, 11) is 0. The predicted molar refractivity (Wildman–Crippen MR) is 91.3 cm³/mol. The maximum Gasteiger partial charge on any atom is 0.308 e. The van der Waals surface area contributed by atoms with E-state index < -0.39 is 5.97 Å². The van der Waals surface area contributed by atoms with Gasteiger partial charge in [0, 0.05) is 24.5 Å². The Hall–Kier alpha value is -1.66. The maximum absolute atomic E-state index is 11.3. The van der Waals surface area contributed by atoms with Gasteiger partial charge in [0.05, 0.1) is 5.92 Å². The highest BCUT2D eigenvalue weighted by Crippen LogP contribution is 2.29. The first-order valence-electron chi connectivity index (χ1n) is 7.56. The summed E-state index contributed by atoms with van der Waals surface area (Å²) < 4.78 is 0. The molecule has 0 spiro atoms. The topological polar surface area (TPSA) is 66.3 Å². The number of carboxylic acid groups (broad SMARTS) is 1. The van der Waals surface area contributed by atoms with Gasteiger partial charge in [0.1, 0.15) is 5.01 Å². The summed E-state index contributed by atoms with van der Waals surface area (Å²) in [5, 5.41) is 20.2. The van der Waals surface area contributed by atoms with Gasteiger partial charge >= 0.3 is 5.97 Å². The molecule has 0 bridgehead atoms. The van der Waals surface area contributed by atoms with Crippen molar-refractivity contribution in [1.29, 1.82) is 0 Å². The van der Waals surface area contributed by atoms with Gasteiger partial charge in [-0.2, -0.15) is 0 Å². The number of rotatable bonds is 4. The van der Waals surface area contributed by atoms with Crippen LogP contribution in [0.25, 0.3) is 0 Å². The number of aromatic nitrogens is 2. The number of hydrogen-bond acceptors (Lipinski definition) is 5. The SMILES string of the molecule is CC1CC(C(=O)O)CN(c2nnc(Cc3ccc(Cl)cc3)s2)C1. The minimum absolute atomic E-state index is 0.331. The van der Waals surface area contributed by atoms with E-state index in [1.54, 1.807) is 0 Å². The average molecular weight is 352 g/mol. The van der Waals surface area contributed by atoms with Crippen molar-refractivity contribution in [2.45, 2.75) is 19.8 Å². The molecule has 1 aliphatic heterocycles. The number of anilines is 1. The molecule has 2 atom stereocenters. The summed E-state index contributed by atoms with van der Waals surface area (Å²) in [6.45, 7) is 3.42. The molecular formula is C16H18ClN3O2S. The van der Waals surface area contributed by atoms with Crippen LogP contribution in [0.15, 0.2) is 24.3 Å². The smallest absolute Gasteiger partial charge is 0.308 e. The first-order chi connectivity index (χ1) is 11.0. The van der Waals surface area contributed by atoms with Crippen molar-refractivity contribution in [3.8, 4) is 0 Å². The fraction of sp³-hybridized carbons (Fsp3) is 0.438. The first-order valence-corrected chi connectivity index (χ1v) is 8.75. The van der Waals surface area contributed by atoms with Crippen LogP contribution in [-0.4, -0.2) is 34.4 Å². The van der Waals surface area contributed by atoms with E-state index in [9.17, 15) is 9.90 Å². The van der Waals surface area contributed by atoms with Crippen molar-refractivity contribution < 1.29 is 9.90 Å². The molecule has 3 rings (SSSR count). The minimum Gasteiger partial charge on any atom is -0.481 e. The number of benzene rings is 1. The molecule has 2 aromatic rings. The normalized spacial score (nSPS) is 21.4. The van der Waals surface area contributed by atoms with Gasteiger partial charge in [0.15, 0.2) is 0 Å². The van der Waals surface area contributed by atoms with Crippen LogP contribution in [0.4, 0.5) is 5.13 Å². The molecule has 0 saturated carbocycles. The van der Waals surface area contributed by atoms with Gasteiger partial charge in [-0.25, -0.2) is 0 Å². The molecule has 0 aliphatic carbocycles. The standard InChI is InChI=1S/C16H18ClN3O2S/c1-10-6-12(15(21)22)9-20(8-10)16-19-18-14(23-16)7-11-2-4-13(17)5-3-11/h2-5,10,12H,6-9H2,1H3,(H,21,22). The van der Waals surface area contributed by atoms with Gasteiger partial charge in [-0.3, -0.25) is 4.79 Å². The molecular weight excluding hydrogens is 334 g/mol. The van der Waals surface area contributed by atoms with Crippen LogP contribution in [0.5, 0.6) is 0 Å². The van der Waals surface area contributed by atoms with E-state index in [-0.39, 0.29) is 5.92 Å². The Morgan fingerprint density at radius 3 is 2.78 bits per heavy atom. The Labute approximate surface area is 143 Å². The molecule has 2 heterocycles. The summed E-state index contributed by atoms with van der Waals surface area (Å²) in [6.07, 6.45) is 1.43. The zero-order valence-corrected chi connectivity index (χ0v) is 14.3. The summed E-state index contributed by atoms with van der Waals surface area (Å²) in [5.74, 6) is -0.719. The Morgan fingerprint density at radius 1 is 1.35 bits per heavy atom. The van der Waals surface area contributed by atoms with E-state index in [0.717, 1.165) is 28.7 Å². The number of carbonyl (C=O) groups is 1. The molecule has 1 aromatic carbocycles. The highest BCUT2D eigenvalue weighted by atomic mass is 35.5. The summed E-state index contributed by atoms with van der Waals surface area (Å²) in [5.41, 5.74) is 1.13. The maximum atomic E-state index is 11.3. The zero-order valence-electron chi connectivity index (χ0n) is 12.8. The molecule has 7 heteroatoms. The van der Waals surface area contributed by atoms with Crippen molar-refractivity contribution in [2.24, 2.45) is 11.8 Å². The lowest BCUT2D eigenvalue weighted by Crippen LogP contribution is -2.42. The molecule has 23 heavy (non-hydrogen) atoms. The molecule has 1 fully saturated rings. The molecule has 1 N–H and O–H groups in total. The number of halogens is 1. The second-order valence-electron chi connectivity index (χ2n) is 6.06. The predicted octanol–water partition coefficient (Wildman–Crippen LogP) is 3.33. The van der Waals surface area contributed by atoms with Crippen LogP contribution in [0.1, 0.15) is 23.9 Å². The molecule has 1 saturated heterocycles.